The van der Waals surface area contributed by atoms with Crippen molar-refractivity contribution >= 4 is 17.9 Å². The van der Waals surface area contributed by atoms with Gasteiger partial charge in [0.05, 0.1) is 18.2 Å². The lowest BCUT2D eigenvalue weighted by atomic mass is 10.1. The minimum atomic E-state index is -0.390. The van der Waals surface area contributed by atoms with E-state index in [1.165, 1.54) is 7.11 Å². The number of nitrogens with one attached hydrogen (secondary N) is 1. The zero-order chi connectivity index (χ0) is 10.6. The van der Waals surface area contributed by atoms with Crippen LogP contribution in [0.2, 0.25) is 0 Å². The van der Waals surface area contributed by atoms with E-state index in [2.05, 4.69) is 9.73 Å². The van der Waals surface area contributed by atoms with Crippen molar-refractivity contribution in [3.63, 3.8) is 0 Å². The Labute approximate surface area is 82.4 Å². The summed E-state index contributed by atoms with van der Waals surface area (Å²) in [5.41, 5.74) is 7.38. The molecule has 0 unspecified atom stereocenters. The van der Waals surface area contributed by atoms with Crippen LogP contribution in [0.5, 0.6) is 0 Å². The van der Waals surface area contributed by atoms with Crippen LogP contribution in [0, 0.1) is 0 Å². The zero-order valence-electron chi connectivity index (χ0n) is 8.20. The Bertz CT molecular complexity index is 372. The number of ether oxygens (including phenoxy) is 1. The molecule has 0 aromatic heterocycles. The molecule has 74 valence electrons. The smallest absolute Gasteiger partial charge is 0.338 e. The minimum Gasteiger partial charge on any atom is -0.465 e. The predicted octanol–water partition coefficient (Wildman–Crippen LogP) is -0.815. The van der Waals surface area contributed by atoms with Gasteiger partial charge in [0.1, 0.15) is 7.05 Å². The molecule has 0 amide bonds. The topological polar surface area (TPSA) is 66.3 Å². The Morgan fingerprint density at radius 2 is 2.29 bits per heavy atom. The van der Waals surface area contributed by atoms with E-state index >= 15 is 0 Å². The Hall–Kier alpha value is -1.84. The third-order valence-electron chi connectivity index (χ3n) is 1.83. The van der Waals surface area contributed by atoms with Gasteiger partial charge >= 0.3 is 5.97 Å². The first kappa shape index (κ1) is 10.2. The van der Waals surface area contributed by atoms with E-state index in [1.807, 2.05) is 0 Å². The summed E-state index contributed by atoms with van der Waals surface area (Å²) in [5, 5.41) is 0. The first-order valence-corrected chi connectivity index (χ1v) is 4.18. The van der Waals surface area contributed by atoms with Gasteiger partial charge in [-0.25, -0.2) is 4.79 Å². The molecule has 0 aliphatic rings. The standard InChI is InChI=1S/C10H12N2O2/c1-12-6-8-7(10(13)14-2)4-3-5-9(8)11/h3-6H,11H2,1-2H3/p+1. The van der Waals surface area contributed by atoms with Crippen LogP contribution in [0.3, 0.4) is 0 Å². The van der Waals surface area contributed by atoms with Gasteiger partial charge in [-0.1, -0.05) is 6.07 Å². The number of carbonyl (C=O) groups is 1. The highest BCUT2D eigenvalue weighted by atomic mass is 16.5. The van der Waals surface area contributed by atoms with Gasteiger partial charge in [-0.05, 0) is 12.1 Å². The Balaban J connectivity index is 3.27. The molecule has 14 heavy (non-hydrogen) atoms. The molecule has 4 nitrogen and oxygen atoms in total. The number of anilines is 1. The van der Waals surface area contributed by atoms with E-state index in [1.54, 1.807) is 31.5 Å². The van der Waals surface area contributed by atoms with Crippen molar-refractivity contribution in [2.75, 3.05) is 19.9 Å². The van der Waals surface area contributed by atoms with E-state index in [0.29, 0.717) is 16.8 Å². The number of esters is 1. The number of nitrogen functional groups attached to an aromatic ring is 1. The Morgan fingerprint density at radius 3 is 2.86 bits per heavy atom. The molecule has 1 aromatic carbocycles. The molecule has 0 atom stereocenters. The molecule has 0 bridgehead atoms. The second-order valence-electron chi connectivity index (χ2n) is 2.73. The first-order chi connectivity index (χ1) is 6.70. The maximum absolute atomic E-state index is 11.3. The molecule has 0 fully saturated rings. The maximum Gasteiger partial charge on any atom is 0.338 e. The van der Waals surface area contributed by atoms with Crippen molar-refractivity contribution in [2.45, 2.75) is 0 Å². The largest absolute Gasteiger partial charge is 0.465 e. The molecule has 3 N–H and O–H groups in total. The van der Waals surface area contributed by atoms with Crippen LogP contribution in [0.1, 0.15) is 15.9 Å². The molecular formula is C10H13N2O2+. The van der Waals surface area contributed by atoms with Crippen LogP contribution in [0.4, 0.5) is 5.69 Å². The summed E-state index contributed by atoms with van der Waals surface area (Å²) in [6.45, 7) is 0. The van der Waals surface area contributed by atoms with E-state index in [9.17, 15) is 4.79 Å². The molecule has 0 saturated carbocycles. The predicted molar refractivity (Wildman–Crippen MR) is 54.2 cm³/mol. The third-order valence-corrected chi connectivity index (χ3v) is 1.83. The molecule has 0 saturated heterocycles. The second kappa shape index (κ2) is 4.41. The van der Waals surface area contributed by atoms with E-state index in [-0.39, 0.29) is 5.97 Å². The highest BCUT2D eigenvalue weighted by molar-refractivity contribution is 6.01. The van der Waals surface area contributed by atoms with Crippen LogP contribution in [-0.4, -0.2) is 26.3 Å². The summed E-state index contributed by atoms with van der Waals surface area (Å²) in [6.07, 6.45) is 1.67. The number of hydrogen-bond donors (Lipinski definition) is 2. The highest BCUT2D eigenvalue weighted by Gasteiger charge is 2.13. The van der Waals surface area contributed by atoms with Gasteiger partial charge in [0.2, 0.25) is 0 Å². The summed E-state index contributed by atoms with van der Waals surface area (Å²) in [5.74, 6) is -0.390. The number of methoxy groups -OCH3 is 1. The highest BCUT2D eigenvalue weighted by Crippen LogP contribution is 2.14. The molecule has 0 radical (unpaired) electrons. The maximum atomic E-state index is 11.3. The van der Waals surface area contributed by atoms with E-state index < -0.39 is 0 Å². The minimum absolute atomic E-state index is 0.390. The summed E-state index contributed by atoms with van der Waals surface area (Å²) < 4.78 is 4.64. The molecule has 4 heteroatoms. The summed E-state index contributed by atoms with van der Waals surface area (Å²) in [6, 6.07) is 5.12. The summed E-state index contributed by atoms with van der Waals surface area (Å²) in [7, 11) is 3.09. The fourth-order valence-corrected chi connectivity index (χ4v) is 1.18. The average Bonchev–Trinajstić information content (AvgIpc) is 2.20. The van der Waals surface area contributed by atoms with Gasteiger partial charge in [0, 0.05) is 5.69 Å². The summed E-state index contributed by atoms with van der Waals surface area (Å²) in [4.78, 5) is 14.2. The van der Waals surface area contributed by atoms with Crippen LogP contribution >= 0.6 is 0 Å². The number of nitrogens with two attached hydrogens (primary N) is 1. The molecule has 0 aliphatic heterocycles. The number of benzene rings is 1. The summed E-state index contributed by atoms with van der Waals surface area (Å²) >= 11 is 0. The number of hydrogen-bond acceptors (Lipinski definition) is 3. The van der Waals surface area contributed by atoms with Crippen LogP contribution in [0.25, 0.3) is 0 Å². The fourth-order valence-electron chi connectivity index (χ4n) is 1.18. The van der Waals surface area contributed by atoms with Gasteiger partial charge in [0.15, 0.2) is 6.21 Å². The van der Waals surface area contributed by atoms with Crippen molar-refractivity contribution < 1.29 is 14.5 Å². The third kappa shape index (κ3) is 1.90. The van der Waals surface area contributed by atoms with Gasteiger partial charge in [-0.2, -0.15) is 0 Å². The van der Waals surface area contributed by atoms with Gasteiger partial charge in [-0.15, -0.1) is 0 Å². The fraction of sp³-hybridized carbons (Fsp3) is 0.200. The van der Waals surface area contributed by atoms with Crippen LogP contribution < -0.4 is 10.7 Å². The molecule has 0 spiro atoms. The lowest BCUT2D eigenvalue weighted by Gasteiger charge is -2.03. The Morgan fingerprint density at radius 1 is 1.57 bits per heavy atom. The first-order valence-electron chi connectivity index (χ1n) is 4.18. The van der Waals surface area contributed by atoms with Gasteiger partial charge < -0.3 is 10.5 Å². The second-order valence-corrected chi connectivity index (χ2v) is 2.73. The van der Waals surface area contributed by atoms with Crippen molar-refractivity contribution in [1.82, 2.24) is 0 Å². The average molecular weight is 193 g/mol. The van der Waals surface area contributed by atoms with Crippen molar-refractivity contribution in [3.05, 3.63) is 29.3 Å². The molecule has 0 heterocycles. The molecule has 1 rings (SSSR count). The van der Waals surface area contributed by atoms with Crippen LogP contribution in [0.15, 0.2) is 18.2 Å². The van der Waals surface area contributed by atoms with E-state index in [4.69, 9.17) is 5.73 Å². The Kier molecular flexibility index (Phi) is 3.23. The van der Waals surface area contributed by atoms with Crippen molar-refractivity contribution in [1.29, 1.82) is 0 Å². The molecule has 1 aromatic rings. The SMILES string of the molecule is C[NH+]=Cc1c(N)cccc1C(=O)OC. The monoisotopic (exact) mass is 193 g/mol. The number of carbonyl (C=O) groups excluding carboxylic acids is 1. The molecule has 0 aliphatic carbocycles. The van der Waals surface area contributed by atoms with Gasteiger partial charge in [0.25, 0.3) is 0 Å². The van der Waals surface area contributed by atoms with Crippen LogP contribution in [-0.2, 0) is 4.74 Å². The number of rotatable bonds is 2. The lowest BCUT2D eigenvalue weighted by molar-refractivity contribution is -0.413. The van der Waals surface area contributed by atoms with Crippen molar-refractivity contribution in [3.8, 4) is 0 Å². The quantitative estimate of drug-likeness (QED) is 0.366. The van der Waals surface area contributed by atoms with E-state index in [0.717, 1.165) is 0 Å². The zero-order valence-corrected chi connectivity index (χ0v) is 8.20. The molecular weight excluding hydrogens is 180 g/mol. The lowest BCUT2D eigenvalue weighted by Crippen LogP contribution is -2.63. The normalized spacial score (nSPS) is 10.4. The van der Waals surface area contributed by atoms with Gasteiger partial charge in [-0.3, -0.25) is 4.99 Å². The van der Waals surface area contributed by atoms with Crippen molar-refractivity contribution in [2.24, 2.45) is 0 Å².